The highest BCUT2D eigenvalue weighted by Gasteiger charge is 2.15. The zero-order valence-electron chi connectivity index (χ0n) is 16.6. The van der Waals surface area contributed by atoms with Crippen molar-refractivity contribution in [2.75, 3.05) is 6.54 Å². The van der Waals surface area contributed by atoms with Crippen LogP contribution in [0.2, 0.25) is 0 Å². The Kier molecular flexibility index (Phi) is 9.14. The van der Waals surface area contributed by atoms with Gasteiger partial charge in [-0.1, -0.05) is 31.4 Å². The lowest BCUT2D eigenvalue weighted by atomic mass is 9.96. The standard InChI is InChI=1S/C20H29FN6.HI/c1-15-25-26-19(27(15)2)14-23-20(24-18-9-4-3-5-10-18)22-12-11-16-7-6-8-17(21)13-16;/h6-8,13,18H,3-5,9-12,14H2,1-2H3,(H2,22,23,24);1H. The molecule has 2 aromatic rings. The smallest absolute Gasteiger partial charge is 0.191 e. The molecule has 0 aliphatic heterocycles. The fourth-order valence-electron chi connectivity index (χ4n) is 3.35. The molecule has 0 atom stereocenters. The average molecular weight is 500 g/mol. The molecule has 2 N–H and O–H groups in total. The Labute approximate surface area is 183 Å². The summed E-state index contributed by atoms with van der Waals surface area (Å²) in [5.41, 5.74) is 0.975. The van der Waals surface area contributed by atoms with Crippen molar-refractivity contribution in [1.82, 2.24) is 25.4 Å². The molecule has 28 heavy (non-hydrogen) atoms. The lowest BCUT2D eigenvalue weighted by molar-refractivity contribution is 0.409. The zero-order valence-corrected chi connectivity index (χ0v) is 18.9. The molecule has 1 aliphatic carbocycles. The van der Waals surface area contributed by atoms with E-state index >= 15 is 0 Å². The van der Waals surface area contributed by atoms with E-state index in [0.29, 0.717) is 19.1 Å². The molecule has 3 rings (SSSR count). The summed E-state index contributed by atoms with van der Waals surface area (Å²) in [6.45, 7) is 3.10. The maximum Gasteiger partial charge on any atom is 0.191 e. The van der Waals surface area contributed by atoms with E-state index in [0.717, 1.165) is 29.6 Å². The van der Waals surface area contributed by atoms with Crippen LogP contribution in [-0.4, -0.2) is 33.3 Å². The summed E-state index contributed by atoms with van der Waals surface area (Å²) in [7, 11) is 1.95. The molecule has 1 aromatic heterocycles. The van der Waals surface area contributed by atoms with Gasteiger partial charge in [-0.3, -0.25) is 0 Å². The van der Waals surface area contributed by atoms with Crippen molar-refractivity contribution >= 4 is 29.9 Å². The number of aliphatic imine (C=N–C) groups is 1. The highest BCUT2D eigenvalue weighted by Crippen LogP contribution is 2.17. The first kappa shape index (κ1) is 22.6. The van der Waals surface area contributed by atoms with Gasteiger partial charge in [0.15, 0.2) is 11.8 Å². The largest absolute Gasteiger partial charge is 0.356 e. The molecule has 1 fully saturated rings. The summed E-state index contributed by atoms with van der Waals surface area (Å²) in [6.07, 6.45) is 6.93. The van der Waals surface area contributed by atoms with Gasteiger partial charge in [0, 0.05) is 19.6 Å². The first-order valence-corrected chi connectivity index (χ1v) is 9.76. The van der Waals surface area contributed by atoms with Gasteiger partial charge >= 0.3 is 0 Å². The summed E-state index contributed by atoms with van der Waals surface area (Å²) in [5.74, 6) is 2.31. The predicted molar refractivity (Wildman–Crippen MR) is 120 cm³/mol. The van der Waals surface area contributed by atoms with Crippen LogP contribution in [0.3, 0.4) is 0 Å². The molecule has 0 unspecified atom stereocenters. The lowest BCUT2D eigenvalue weighted by Gasteiger charge is -2.25. The zero-order chi connectivity index (χ0) is 19.1. The van der Waals surface area contributed by atoms with Crippen LogP contribution in [0.15, 0.2) is 29.3 Å². The Morgan fingerprint density at radius 1 is 1.25 bits per heavy atom. The minimum atomic E-state index is -0.195. The van der Waals surface area contributed by atoms with Crippen LogP contribution in [0, 0.1) is 12.7 Å². The van der Waals surface area contributed by atoms with Crippen molar-refractivity contribution in [3.63, 3.8) is 0 Å². The van der Waals surface area contributed by atoms with Gasteiger partial charge in [-0.25, -0.2) is 9.38 Å². The maximum absolute atomic E-state index is 13.3. The van der Waals surface area contributed by atoms with Gasteiger partial charge in [0.25, 0.3) is 0 Å². The van der Waals surface area contributed by atoms with Crippen LogP contribution < -0.4 is 10.6 Å². The second-order valence-electron chi connectivity index (χ2n) is 7.17. The first-order chi connectivity index (χ1) is 13.1. The number of guanidine groups is 1. The molecule has 1 heterocycles. The van der Waals surface area contributed by atoms with Gasteiger partial charge in [-0.2, -0.15) is 0 Å². The number of hydrogen-bond donors (Lipinski definition) is 2. The van der Waals surface area contributed by atoms with Gasteiger partial charge in [-0.05, 0) is 43.9 Å². The number of nitrogens with zero attached hydrogens (tertiary/aromatic N) is 4. The molecule has 6 nitrogen and oxygen atoms in total. The average Bonchev–Trinajstić information content (AvgIpc) is 2.99. The molecule has 0 spiro atoms. The highest BCUT2D eigenvalue weighted by molar-refractivity contribution is 14.0. The predicted octanol–water partition coefficient (Wildman–Crippen LogP) is 3.49. The Balaban J connectivity index is 0.00000280. The molecule has 154 valence electrons. The van der Waals surface area contributed by atoms with Crippen molar-refractivity contribution in [2.45, 2.75) is 58.0 Å². The van der Waals surface area contributed by atoms with Gasteiger partial charge in [0.2, 0.25) is 0 Å². The third-order valence-electron chi connectivity index (χ3n) is 5.10. The number of aryl methyl sites for hydroxylation is 1. The minimum absolute atomic E-state index is 0. The molecule has 0 saturated heterocycles. The van der Waals surface area contributed by atoms with Gasteiger partial charge in [-0.15, -0.1) is 34.2 Å². The van der Waals surface area contributed by atoms with E-state index in [2.05, 4.69) is 20.8 Å². The van der Waals surface area contributed by atoms with Crippen LogP contribution >= 0.6 is 24.0 Å². The van der Waals surface area contributed by atoms with Gasteiger partial charge in [0.1, 0.15) is 18.2 Å². The summed E-state index contributed by atoms with van der Waals surface area (Å²) >= 11 is 0. The second kappa shape index (κ2) is 11.3. The fraction of sp³-hybridized carbons (Fsp3) is 0.550. The quantitative estimate of drug-likeness (QED) is 0.362. The van der Waals surface area contributed by atoms with E-state index in [9.17, 15) is 4.39 Å². The molecular weight excluding hydrogens is 470 g/mol. The minimum Gasteiger partial charge on any atom is -0.356 e. The van der Waals surface area contributed by atoms with Crippen LogP contribution in [0.25, 0.3) is 0 Å². The molecule has 0 radical (unpaired) electrons. The maximum atomic E-state index is 13.3. The fourth-order valence-corrected chi connectivity index (χ4v) is 3.35. The number of aromatic nitrogens is 3. The first-order valence-electron chi connectivity index (χ1n) is 9.76. The van der Waals surface area contributed by atoms with E-state index < -0.39 is 0 Å². The SMILES string of the molecule is Cc1nnc(CN=C(NCCc2cccc(F)c2)NC2CCCCC2)n1C.I. The van der Waals surface area contributed by atoms with Crippen molar-refractivity contribution in [3.05, 3.63) is 47.3 Å². The van der Waals surface area contributed by atoms with Crippen molar-refractivity contribution in [3.8, 4) is 0 Å². The monoisotopic (exact) mass is 500 g/mol. The van der Waals surface area contributed by atoms with Gasteiger partial charge in [0.05, 0.1) is 0 Å². The molecule has 8 heteroatoms. The summed E-state index contributed by atoms with van der Waals surface area (Å²) in [6, 6.07) is 7.20. The number of rotatable bonds is 6. The molecule has 1 aliphatic rings. The van der Waals surface area contributed by atoms with Crippen LogP contribution in [0.4, 0.5) is 4.39 Å². The summed E-state index contributed by atoms with van der Waals surface area (Å²) < 4.78 is 15.3. The topological polar surface area (TPSA) is 67.1 Å². The molecule has 1 saturated carbocycles. The number of benzene rings is 1. The third kappa shape index (κ3) is 6.72. The number of halogens is 2. The van der Waals surface area contributed by atoms with Crippen LogP contribution in [0.5, 0.6) is 0 Å². The molecule has 0 amide bonds. The van der Waals surface area contributed by atoms with Crippen molar-refractivity contribution < 1.29 is 4.39 Å². The highest BCUT2D eigenvalue weighted by atomic mass is 127. The Hall–Kier alpha value is -1.71. The summed E-state index contributed by atoms with van der Waals surface area (Å²) in [5, 5.41) is 15.2. The molecule has 1 aromatic carbocycles. The van der Waals surface area contributed by atoms with Crippen LogP contribution in [0.1, 0.15) is 49.3 Å². The lowest BCUT2D eigenvalue weighted by Crippen LogP contribution is -2.44. The van der Waals surface area contributed by atoms with E-state index in [1.54, 1.807) is 12.1 Å². The molecule has 0 bridgehead atoms. The third-order valence-corrected chi connectivity index (χ3v) is 5.10. The Bertz CT molecular complexity index is 770. The van der Waals surface area contributed by atoms with Crippen molar-refractivity contribution in [1.29, 1.82) is 0 Å². The summed E-state index contributed by atoms with van der Waals surface area (Å²) in [4.78, 5) is 4.71. The van der Waals surface area contributed by atoms with Crippen molar-refractivity contribution in [2.24, 2.45) is 12.0 Å². The van der Waals surface area contributed by atoms with Crippen LogP contribution in [-0.2, 0) is 20.0 Å². The normalized spacial score (nSPS) is 15.2. The second-order valence-corrected chi connectivity index (χ2v) is 7.17. The van der Waals surface area contributed by atoms with E-state index in [1.807, 2.05) is 24.6 Å². The van der Waals surface area contributed by atoms with Gasteiger partial charge < -0.3 is 15.2 Å². The Morgan fingerprint density at radius 3 is 2.71 bits per heavy atom. The van der Waals surface area contributed by atoms with E-state index in [1.165, 1.54) is 38.2 Å². The Morgan fingerprint density at radius 2 is 2.04 bits per heavy atom. The number of nitrogens with one attached hydrogen (secondary N) is 2. The number of hydrogen-bond acceptors (Lipinski definition) is 3. The molecular formula is C20H30FIN6. The van der Waals surface area contributed by atoms with E-state index in [4.69, 9.17) is 4.99 Å². The van der Waals surface area contributed by atoms with E-state index in [-0.39, 0.29) is 29.8 Å².